The van der Waals surface area contributed by atoms with Crippen LogP contribution in [0.4, 0.5) is 0 Å². The molecule has 2 saturated heterocycles. The van der Waals surface area contributed by atoms with Crippen molar-refractivity contribution in [1.29, 1.82) is 0 Å². The first-order chi connectivity index (χ1) is 9.60. The van der Waals surface area contributed by atoms with Crippen molar-refractivity contribution in [3.05, 3.63) is 21.4 Å². The molecule has 3 rings (SSSR count). The van der Waals surface area contributed by atoms with Gasteiger partial charge >= 0.3 is 0 Å². The molecule has 0 bridgehead atoms. The van der Waals surface area contributed by atoms with Crippen LogP contribution in [-0.2, 0) is 9.47 Å². The van der Waals surface area contributed by atoms with E-state index in [-0.39, 0.29) is 11.7 Å². The van der Waals surface area contributed by atoms with Gasteiger partial charge in [0.2, 0.25) is 0 Å². The Hall–Kier alpha value is -0.420. The fourth-order valence-corrected chi connectivity index (χ4v) is 4.59. The van der Waals surface area contributed by atoms with Crippen LogP contribution in [0.3, 0.4) is 0 Å². The lowest BCUT2D eigenvalue weighted by Gasteiger charge is -2.44. The first kappa shape index (κ1) is 14.5. The minimum atomic E-state index is -0.344. The molecule has 20 heavy (non-hydrogen) atoms. The summed E-state index contributed by atoms with van der Waals surface area (Å²) in [6, 6.07) is 2.15. The predicted octanol–water partition coefficient (Wildman–Crippen LogP) is 3.37. The van der Waals surface area contributed by atoms with Crippen LogP contribution < -0.4 is 0 Å². The Morgan fingerprint density at radius 1 is 1.30 bits per heavy atom. The molecule has 1 spiro atoms. The summed E-state index contributed by atoms with van der Waals surface area (Å²) in [5, 5.41) is 10.8. The molecule has 0 aliphatic carbocycles. The summed E-state index contributed by atoms with van der Waals surface area (Å²) >= 11 is 1.78. The van der Waals surface area contributed by atoms with Gasteiger partial charge < -0.3 is 14.6 Å². The van der Waals surface area contributed by atoms with Gasteiger partial charge in [-0.2, -0.15) is 0 Å². The molecule has 2 atom stereocenters. The van der Waals surface area contributed by atoms with Crippen LogP contribution in [0, 0.1) is 19.8 Å². The van der Waals surface area contributed by atoms with Gasteiger partial charge in [0.1, 0.15) is 0 Å². The van der Waals surface area contributed by atoms with Crippen molar-refractivity contribution in [1.82, 2.24) is 0 Å². The van der Waals surface area contributed by atoms with Crippen molar-refractivity contribution in [2.75, 3.05) is 19.8 Å². The molecular weight excluding hydrogens is 272 g/mol. The van der Waals surface area contributed by atoms with Crippen LogP contribution in [0.15, 0.2) is 6.07 Å². The number of hydrogen-bond donors (Lipinski definition) is 1. The van der Waals surface area contributed by atoms with Crippen molar-refractivity contribution >= 4 is 11.3 Å². The molecule has 1 N–H and O–H groups in total. The Balaban J connectivity index is 1.74. The molecule has 2 fully saturated rings. The summed E-state index contributed by atoms with van der Waals surface area (Å²) in [6.45, 7) is 6.57. The predicted molar refractivity (Wildman–Crippen MR) is 80.2 cm³/mol. The lowest BCUT2D eigenvalue weighted by atomic mass is 9.77. The largest absolute Gasteiger partial charge is 0.388 e. The number of hydrogen-bond acceptors (Lipinski definition) is 4. The normalized spacial score (nSPS) is 27.6. The minimum Gasteiger partial charge on any atom is -0.388 e. The highest BCUT2D eigenvalue weighted by atomic mass is 32.1. The standard InChI is InChI=1S/C16H24O3S/c1-11-9-14(12(2)20-11)15(17)13-3-6-19-16(10-13)4-7-18-8-5-16/h9,13,15,17H,3-8,10H2,1-2H3. The molecule has 0 aromatic carbocycles. The first-order valence-corrected chi connectivity index (χ1v) is 8.38. The van der Waals surface area contributed by atoms with Gasteiger partial charge in [-0.3, -0.25) is 0 Å². The number of thiophene rings is 1. The van der Waals surface area contributed by atoms with E-state index in [4.69, 9.17) is 9.47 Å². The van der Waals surface area contributed by atoms with Gasteiger partial charge in [-0.15, -0.1) is 11.3 Å². The van der Waals surface area contributed by atoms with Crippen LogP contribution in [0.25, 0.3) is 0 Å². The van der Waals surface area contributed by atoms with E-state index in [1.807, 2.05) is 0 Å². The molecule has 0 radical (unpaired) electrons. The zero-order valence-electron chi connectivity index (χ0n) is 12.4. The summed E-state index contributed by atoms with van der Waals surface area (Å²) < 4.78 is 11.5. The Labute approximate surface area is 124 Å². The molecule has 4 heteroatoms. The summed E-state index contributed by atoms with van der Waals surface area (Å²) in [5.74, 6) is 0.314. The smallest absolute Gasteiger partial charge is 0.0830 e. The second-order valence-electron chi connectivity index (χ2n) is 6.21. The van der Waals surface area contributed by atoms with E-state index in [9.17, 15) is 5.11 Å². The van der Waals surface area contributed by atoms with Gasteiger partial charge in [-0.05, 0) is 57.1 Å². The summed E-state index contributed by atoms with van der Waals surface area (Å²) in [7, 11) is 0. The van der Waals surface area contributed by atoms with E-state index >= 15 is 0 Å². The van der Waals surface area contributed by atoms with E-state index in [0.717, 1.165) is 51.1 Å². The zero-order valence-corrected chi connectivity index (χ0v) is 13.2. The van der Waals surface area contributed by atoms with Gasteiger partial charge in [0.25, 0.3) is 0 Å². The average Bonchev–Trinajstić information content (AvgIpc) is 2.78. The van der Waals surface area contributed by atoms with Gasteiger partial charge in [-0.25, -0.2) is 0 Å². The SMILES string of the molecule is Cc1cc(C(O)C2CCOC3(CCOCC3)C2)c(C)s1. The lowest BCUT2D eigenvalue weighted by Crippen LogP contribution is -2.45. The Bertz CT molecular complexity index is 457. The quantitative estimate of drug-likeness (QED) is 0.909. The molecular formula is C16H24O3S. The Kier molecular flexibility index (Phi) is 4.18. The van der Waals surface area contributed by atoms with Crippen molar-refractivity contribution < 1.29 is 14.6 Å². The summed E-state index contributed by atoms with van der Waals surface area (Å²) in [5.41, 5.74) is 1.09. The molecule has 0 amide bonds. The van der Waals surface area contributed by atoms with Gasteiger partial charge in [0.05, 0.1) is 11.7 Å². The highest BCUT2D eigenvalue weighted by molar-refractivity contribution is 7.12. The molecule has 1 aromatic heterocycles. The highest BCUT2D eigenvalue weighted by Gasteiger charge is 2.41. The van der Waals surface area contributed by atoms with Crippen LogP contribution in [-0.4, -0.2) is 30.5 Å². The minimum absolute atomic E-state index is 0.0406. The van der Waals surface area contributed by atoms with Gasteiger partial charge in [-0.1, -0.05) is 0 Å². The number of aliphatic hydroxyl groups excluding tert-OH is 1. The van der Waals surface area contributed by atoms with Gasteiger partial charge in [0, 0.05) is 29.6 Å². The maximum atomic E-state index is 10.8. The van der Waals surface area contributed by atoms with Crippen LogP contribution in [0.1, 0.15) is 47.1 Å². The average molecular weight is 296 g/mol. The van der Waals surface area contributed by atoms with E-state index in [2.05, 4.69) is 19.9 Å². The Morgan fingerprint density at radius 3 is 2.70 bits per heavy atom. The monoisotopic (exact) mass is 296 g/mol. The second kappa shape index (κ2) is 5.76. The molecule has 112 valence electrons. The molecule has 2 unspecified atom stereocenters. The zero-order chi connectivity index (χ0) is 14.2. The van der Waals surface area contributed by atoms with Crippen molar-refractivity contribution in [2.45, 2.75) is 51.2 Å². The van der Waals surface area contributed by atoms with E-state index in [0.29, 0.717) is 5.92 Å². The number of aliphatic hydroxyl groups is 1. The fourth-order valence-electron chi connectivity index (χ4n) is 3.63. The summed E-state index contributed by atoms with van der Waals surface area (Å²) in [4.78, 5) is 2.53. The van der Waals surface area contributed by atoms with Crippen LogP contribution in [0.2, 0.25) is 0 Å². The van der Waals surface area contributed by atoms with Crippen LogP contribution in [0.5, 0.6) is 0 Å². The molecule has 2 aliphatic heterocycles. The third kappa shape index (κ3) is 2.80. The second-order valence-corrected chi connectivity index (χ2v) is 7.67. The van der Waals surface area contributed by atoms with Crippen molar-refractivity contribution in [2.24, 2.45) is 5.92 Å². The lowest BCUT2D eigenvalue weighted by molar-refractivity contribution is -0.159. The highest BCUT2D eigenvalue weighted by Crippen LogP contribution is 2.43. The summed E-state index contributed by atoms with van der Waals surface area (Å²) in [6.07, 6.45) is 3.52. The maximum Gasteiger partial charge on any atom is 0.0830 e. The Morgan fingerprint density at radius 2 is 2.05 bits per heavy atom. The van der Waals surface area contributed by atoms with E-state index in [1.165, 1.54) is 9.75 Å². The molecule has 3 heterocycles. The third-order valence-electron chi connectivity index (χ3n) is 4.78. The van der Waals surface area contributed by atoms with Crippen LogP contribution >= 0.6 is 11.3 Å². The fraction of sp³-hybridized carbons (Fsp3) is 0.750. The van der Waals surface area contributed by atoms with E-state index < -0.39 is 0 Å². The molecule has 3 nitrogen and oxygen atoms in total. The topological polar surface area (TPSA) is 38.7 Å². The number of aryl methyl sites for hydroxylation is 2. The molecule has 0 saturated carbocycles. The van der Waals surface area contributed by atoms with Crippen molar-refractivity contribution in [3.8, 4) is 0 Å². The van der Waals surface area contributed by atoms with Crippen molar-refractivity contribution in [3.63, 3.8) is 0 Å². The molecule has 1 aromatic rings. The van der Waals surface area contributed by atoms with E-state index in [1.54, 1.807) is 11.3 Å². The number of rotatable bonds is 2. The number of ether oxygens (including phenoxy) is 2. The maximum absolute atomic E-state index is 10.8. The molecule has 2 aliphatic rings. The third-order valence-corrected chi connectivity index (χ3v) is 5.76. The first-order valence-electron chi connectivity index (χ1n) is 7.56. The van der Waals surface area contributed by atoms with Gasteiger partial charge in [0.15, 0.2) is 0 Å².